The van der Waals surface area contributed by atoms with Crippen LogP contribution in [0.2, 0.25) is 0 Å². The van der Waals surface area contributed by atoms with Gasteiger partial charge >= 0.3 is 0 Å². The number of ether oxygens (including phenoxy) is 2. The predicted octanol–water partition coefficient (Wildman–Crippen LogP) is 4.13. The highest BCUT2D eigenvalue weighted by Crippen LogP contribution is 2.23. The molecule has 0 saturated carbocycles. The molecule has 1 amide bonds. The first kappa shape index (κ1) is 21.2. The van der Waals surface area contributed by atoms with Gasteiger partial charge in [-0.2, -0.15) is 5.10 Å². The van der Waals surface area contributed by atoms with Crippen molar-refractivity contribution in [1.29, 1.82) is 0 Å². The first-order chi connectivity index (χ1) is 14.6. The molecule has 30 heavy (non-hydrogen) atoms. The molecule has 0 spiro atoms. The van der Waals surface area contributed by atoms with Crippen LogP contribution in [-0.2, 0) is 24.5 Å². The summed E-state index contributed by atoms with van der Waals surface area (Å²) in [5.41, 5.74) is 3.92. The highest BCUT2D eigenvalue weighted by atomic mass is 16.5. The third kappa shape index (κ3) is 5.73. The Labute approximate surface area is 177 Å². The van der Waals surface area contributed by atoms with Crippen molar-refractivity contribution in [3.8, 4) is 11.5 Å². The number of methoxy groups -OCH3 is 1. The molecule has 1 N–H and O–H groups in total. The van der Waals surface area contributed by atoms with Crippen LogP contribution in [0.15, 0.2) is 60.8 Å². The highest BCUT2D eigenvalue weighted by molar-refractivity contribution is 5.91. The van der Waals surface area contributed by atoms with Crippen LogP contribution in [0.1, 0.15) is 29.3 Å². The van der Waals surface area contributed by atoms with Gasteiger partial charge in [0.1, 0.15) is 18.1 Å². The molecule has 0 aliphatic carbocycles. The fraction of sp³-hybridized carbons (Fsp3) is 0.250. The normalized spacial score (nSPS) is 10.9. The summed E-state index contributed by atoms with van der Waals surface area (Å²) in [6.45, 7) is 5.63. The van der Waals surface area contributed by atoms with Crippen LogP contribution in [0.5, 0.6) is 11.5 Å². The number of carbonyl (C=O) groups is 1. The molecule has 0 aliphatic rings. The minimum atomic E-state index is -0.160. The van der Waals surface area contributed by atoms with Crippen LogP contribution in [0.25, 0.3) is 6.08 Å². The molecule has 6 nitrogen and oxygen atoms in total. The maximum atomic E-state index is 12.2. The van der Waals surface area contributed by atoms with E-state index < -0.39 is 0 Å². The Balaban J connectivity index is 1.62. The number of benzene rings is 2. The van der Waals surface area contributed by atoms with Crippen molar-refractivity contribution in [2.75, 3.05) is 7.11 Å². The SMILES string of the molecule is CCn1nccc1CNC(=O)/C=C/c1ccc(OC)c(COc2cccc(C)c2)c1. The summed E-state index contributed by atoms with van der Waals surface area (Å²) in [6.07, 6.45) is 5.04. The van der Waals surface area contributed by atoms with Gasteiger partial charge in [-0.15, -0.1) is 0 Å². The molecule has 1 heterocycles. The van der Waals surface area contributed by atoms with Crippen molar-refractivity contribution >= 4 is 12.0 Å². The Morgan fingerprint density at radius 3 is 2.83 bits per heavy atom. The maximum absolute atomic E-state index is 12.2. The summed E-state index contributed by atoms with van der Waals surface area (Å²) in [7, 11) is 1.63. The van der Waals surface area contributed by atoms with Gasteiger partial charge in [0.2, 0.25) is 5.91 Å². The largest absolute Gasteiger partial charge is 0.496 e. The van der Waals surface area contributed by atoms with Gasteiger partial charge in [0, 0.05) is 24.4 Å². The molecule has 0 fully saturated rings. The molecule has 0 unspecified atom stereocenters. The summed E-state index contributed by atoms with van der Waals surface area (Å²) in [5.74, 6) is 1.40. The number of hydrogen-bond donors (Lipinski definition) is 1. The molecule has 0 radical (unpaired) electrons. The van der Waals surface area contributed by atoms with Gasteiger partial charge in [-0.1, -0.05) is 18.2 Å². The number of nitrogens with one attached hydrogen (secondary N) is 1. The molecule has 6 heteroatoms. The van der Waals surface area contributed by atoms with Crippen LogP contribution in [0, 0.1) is 6.92 Å². The van der Waals surface area contributed by atoms with E-state index in [2.05, 4.69) is 10.4 Å². The standard InChI is InChI=1S/C24H27N3O3/c1-4-27-21(12-13-26-27)16-25-24(28)11-9-19-8-10-23(29-3)20(15-19)17-30-22-7-5-6-18(2)14-22/h5-15H,4,16-17H2,1-3H3,(H,25,28)/b11-9+. The Morgan fingerprint density at radius 1 is 1.20 bits per heavy atom. The van der Waals surface area contributed by atoms with E-state index in [1.807, 2.05) is 67.1 Å². The third-order valence-electron chi connectivity index (χ3n) is 4.66. The maximum Gasteiger partial charge on any atom is 0.244 e. The van der Waals surface area contributed by atoms with E-state index in [1.54, 1.807) is 19.4 Å². The van der Waals surface area contributed by atoms with E-state index in [1.165, 1.54) is 6.08 Å². The number of carbonyl (C=O) groups excluding carboxylic acids is 1. The van der Waals surface area contributed by atoms with Gasteiger partial charge in [-0.05, 0) is 61.4 Å². The van der Waals surface area contributed by atoms with Crippen LogP contribution < -0.4 is 14.8 Å². The number of hydrogen-bond acceptors (Lipinski definition) is 4. The zero-order chi connectivity index (χ0) is 21.3. The summed E-state index contributed by atoms with van der Waals surface area (Å²) in [5, 5.41) is 7.08. The molecule has 156 valence electrons. The molecule has 2 aromatic carbocycles. The van der Waals surface area contributed by atoms with Gasteiger partial charge < -0.3 is 14.8 Å². The van der Waals surface area contributed by atoms with Gasteiger partial charge in [0.25, 0.3) is 0 Å². The van der Waals surface area contributed by atoms with Crippen molar-refractivity contribution in [1.82, 2.24) is 15.1 Å². The molecule has 3 rings (SSSR count). The smallest absolute Gasteiger partial charge is 0.244 e. The third-order valence-corrected chi connectivity index (χ3v) is 4.66. The second-order valence-electron chi connectivity index (χ2n) is 6.87. The quantitative estimate of drug-likeness (QED) is 0.544. The average molecular weight is 405 g/mol. The fourth-order valence-electron chi connectivity index (χ4n) is 3.08. The molecule has 0 aliphatic heterocycles. The van der Waals surface area contributed by atoms with Crippen LogP contribution in [-0.4, -0.2) is 22.8 Å². The van der Waals surface area contributed by atoms with E-state index in [0.717, 1.165) is 40.4 Å². The van der Waals surface area contributed by atoms with Crippen LogP contribution >= 0.6 is 0 Å². The first-order valence-corrected chi connectivity index (χ1v) is 9.92. The van der Waals surface area contributed by atoms with Gasteiger partial charge in [0.15, 0.2) is 0 Å². The van der Waals surface area contributed by atoms with E-state index in [9.17, 15) is 4.79 Å². The molecule has 0 atom stereocenters. The van der Waals surface area contributed by atoms with Gasteiger partial charge in [-0.25, -0.2) is 0 Å². The lowest BCUT2D eigenvalue weighted by molar-refractivity contribution is -0.116. The molecule has 1 aromatic heterocycles. The Morgan fingerprint density at radius 2 is 2.07 bits per heavy atom. The summed E-state index contributed by atoms with van der Waals surface area (Å²) in [6, 6.07) is 15.6. The topological polar surface area (TPSA) is 65.4 Å². The molecular weight excluding hydrogens is 378 g/mol. The number of amides is 1. The zero-order valence-electron chi connectivity index (χ0n) is 17.6. The minimum absolute atomic E-state index is 0.160. The lowest BCUT2D eigenvalue weighted by atomic mass is 10.1. The summed E-state index contributed by atoms with van der Waals surface area (Å²) in [4.78, 5) is 12.2. The molecule has 3 aromatic rings. The first-order valence-electron chi connectivity index (χ1n) is 9.92. The fourth-order valence-corrected chi connectivity index (χ4v) is 3.08. The van der Waals surface area contributed by atoms with E-state index >= 15 is 0 Å². The van der Waals surface area contributed by atoms with Crippen molar-refractivity contribution in [3.05, 3.63) is 83.2 Å². The van der Waals surface area contributed by atoms with Crippen molar-refractivity contribution in [3.63, 3.8) is 0 Å². The predicted molar refractivity (Wildman–Crippen MR) is 117 cm³/mol. The second kappa shape index (κ2) is 10.3. The molecule has 0 saturated heterocycles. The lowest BCUT2D eigenvalue weighted by Crippen LogP contribution is -2.22. The van der Waals surface area contributed by atoms with Gasteiger partial charge in [-0.3, -0.25) is 9.48 Å². The van der Waals surface area contributed by atoms with E-state index in [0.29, 0.717) is 13.2 Å². The Hall–Kier alpha value is -3.54. The lowest BCUT2D eigenvalue weighted by Gasteiger charge is -2.11. The highest BCUT2D eigenvalue weighted by Gasteiger charge is 2.06. The number of aryl methyl sites for hydroxylation is 2. The Kier molecular flexibility index (Phi) is 7.27. The number of aromatic nitrogens is 2. The van der Waals surface area contributed by atoms with E-state index in [4.69, 9.17) is 9.47 Å². The summed E-state index contributed by atoms with van der Waals surface area (Å²) >= 11 is 0. The van der Waals surface area contributed by atoms with E-state index in [-0.39, 0.29) is 5.91 Å². The van der Waals surface area contributed by atoms with Crippen molar-refractivity contribution in [2.45, 2.75) is 33.5 Å². The monoisotopic (exact) mass is 405 g/mol. The van der Waals surface area contributed by atoms with Crippen molar-refractivity contribution in [2.24, 2.45) is 0 Å². The van der Waals surface area contributed by atoms with Crippen LogP contribution in [0.3, 0.4) is 0 Å². The zero-order valence-corrected chi connectivity index (χ0v) is 17.6. The van der Waals surface area contributed by atoms with Gasteiger partial charge in [0.05, 0.1) is 19.3 Å². The Bertz CT molecular complexity index is 1020. The summed E-state index contributed by atoms with van der Waals surface area (Å²) < 4.78 is 13.2. The van der Waals surface area contributed by atoms with Crippen molar-refractivity contribution < 1.29 is 14.3 Å². The van der Waals surface area contributed by atoms with Crippen LogP contribution in [0.4, 0.5) is 0 Å². The second-order valence-corrected chi connectivity index (χ2v) is 6.87. The molecule has 0 bridgehead atoms. The average Bonchev–Trinajstić information content (AvgIpc) is 3.22. The number of nitrogens with zero attached hydrogens (tertiary/aromatic N) is 2. The minimum Gasteiger partial charge on any atom is -0.496 e. The number of rotatable bonds is 9. The molecular formula is C24H27N3O3.